The Bertz CT molecular complexity index is 2780. The first kappa shape index (κ1) is 20.8. The Morgan fingerprint density at radius 2 is 1.30 bits per heavy atom. The number of para-hydroxylation sites is 1. The van der Waals surface area contributed by atoms with Crippen LogP contribution in [0.3, 0.4) is 0 Å². The molecule has 4 nitrogen and oxygen atoms in total. The molecule has 0 aliphatic rings. The topological polar surface area (TPSA) is 52.1 Å². The molecule has 46 heavy (non-hydrogen) atoms. The van der Waals surface area contributed by atoms with Crippen LogP contribution in [0.15, 0.2) is 124 Å². The predicted molar refractivity (Wildman–Crippen MR) is 183 cm³/mol. The van der Waals surface area contributed by atoms with Gasteiger partial charge in [-0.15, -0.1) is 53.6 Å². The van der Waals surface area contributed by atoms with E-state index >= 15 is 0 Å². The number of hydrogen-bond donors (Lipinski definition) is 0. The summed E-state index contributed by atoms with van der Waals surface area (Å²) in [7, 11) is 0. The molecule has 5 heteroatoms. The molecule has 0 bridgehead atoms. The molecule has 0 aliphatic heterocycles. The Morgan fingerprint density at radius 1 is 0.587 bits per heavy atom. The van der Waals surface area contributed by atoms with Crippen LogP contribution < -0.4 is 0 Å². The molecule has 5 aromatic carbocycles. The summed E-state index contributed by atoms with van der Waals surface area (Å²) < 4.78 is 79.5. The number of pyridine rings is 2. The molecule has 4 aromatic heterocycles. The van der Waals surface area contributed by atoms with Crippen molar-refractivity contribution in [1.82, 2.24) is 9.97 Å². The number of hydrogen-bond acceptors (Lipinski definition) is 4. The van der Waals surface area contributed by atoms with Crippen LogP contribution >= 0.6 is 0 Å². The van der Waals surface area contributed by atoms with Crippen molar-refractivity contribution < 1.29 is 41.3 Å². The maximum Gasteiger partial charge on any atom is 0.143 e. The van der Waals surface area contributed by atoms with Gasteiger partial charge >= 0.3 is 0 Å². The minimum Gasteiger partial charge on any atom is -0.500 e. The van der Waals surface area contributed by atoms with Crippen LogP contribution in [0.1, 0.15) is 29.0 Å². The summed E-state index contributed by atoms with van der Waals surface area (Å²) in [5.74, 6) is 0. The standard InChI is InChI=1S/C28H16NO2.C13H12N.Ir/c1-16-13-14-29-24(15-16)23-7-4-6-18-20-11-12-21-22(27(20)31-28(18)23)10-9-19-17-5-2-3-8-25(17)30-26(19)21;1-10-3-6-12(7-4-10)13-8-5-11(2)9-14-13;/h2-6,8-15H,1H3;3-6,8-9H,1-2H3;/q2*-1;/i1D3;1D3,2D3;. The average molecular weight is 782 g/mol. The number of benzene rings is 5. The van der Waals surface area contributed by atoms with E-state index in [2.05, 4.69) is 46.4 Å². The van der Waals surface area contributed by atoms with Crippen molar-refractivity contribution in [3.63, 3.8) is 0 Å². The van der Waals surface area contributed by atoms with E-state index in [-0.39, 0.29) is 36.8 Å². The molecule has 0 amide bonds. The maximum absolute atomic E-state index is 7.74. The average Bonchev–Trinajstić information content (AvgIpc) is 3.73. The third-order valence-corrected chi connectivity index (χ3v) is 7.80. The van der Waals surface area contributed by atoms with E-state index in [0.29, 0.717) is 28.1 Å². The quantitative estimate of drug-likeness (QED) is 0.164. The van der Waals surface area contributed by atoms with Crippen LogP contribution in [0.2, 0.25) is 0 Å². The van der Waals surface area contributed by atoms with E-state index in [4.69, 9.17) is 21.2 Å². The third-order valence-electron chi connectivity index (χ3n) is 7.80. The van der Waals surface area contributed by atoms with Gasteiger partial charge in [0, 0.05) is 71.8 Å². The Kier molecular flexibility index (Phi) is 5.45. The van der Waals surface area contributed by atoms with Crippen molar-refractivity contribution in [2.24, 2.45) is 0 Å². The van der Waals surface area contributed by atoms with E-state index < -0.39 is 20.6 Å². The van der Waals surface area contributed by atoms with Gasteiger partial charge < -0.3 is 18.8 Å². The summed E-state index contributed by atoms with van der Waals surface area (Å²) in [6, 6.07) is 36.8. The molecule has 9 aromatic rings. The molecular weight excluding hydrogens is 745 g/mol. The molecule has 1 radical (unpaired) electrons. The van der Waals surface area contributed by atoms with Crippen LogP contribution in [0.25, 0.3) is 77.2 Å². The fourth-order valence-electron chi connectivity index (χ4n) is 5.68. The second-order valence-electron chi connectivity index (χ2n) is 10.6. The summed E-state index contributed by atoms with van der Waals surface area (Å²) in [4.78, 5) is 8.49. The summed E-state index contributed by atoms with van der Waals surface area (Å²) >= 11 is 0. The molecule has 0 N–H and O–H groups in total. The summed E-state index contributed by atoms with van der Waals surface area (Å²) in [5, 5.41) is 5.99. The first-order valence-corrected chi connectivity index (χ1v) is 14.2. The fourth-order valence-corrected chi connectivity index (χ4v) is 5.68. The first-order chi connectivity index (χ1) is 25.7. The Morgan fingerprint density at radius 3 is 2.02 bits per heavy atom. The van der Waals surface area contributed by atoms with Gasteiger partial charge in [-0.3, -0.25) is 0 Å². The molecule has 0 saturated heterocycles. The van der Waals surface area contributed by atoms with E-state index in [9.17, 15) is 0 Å². The molecule has 225 valence electrons. The van der Waals surface area contributed by atoms with Gasteiger partial charge in [-0.2, -0.15) is 0 Å². The van der Waals surface area contributed by atoms with Gasteiger partial charge in [0.25, 0.3) is 0 Å². The largest absolute Gasteiger partial charge is 0.500 e. The van der Waals surface area contributed by atoms with Crippen molar-refractivity contribution in [2.75, 3.05) is 0 Å². The number of rotatable bonds is 2. The summed E-state index contributed by atoms with van der Waals surface area (Å²) in [6.07, 6.45) is 2.81. The second kappa shape index (κ2) is 12.0. The normalized spacial score (nSPS) is 14.9. The molecule has 4 heterocycles. The van der Waals surface area contributed by atoms with Gasteiger partial charge in [0.1, 0.15) is 16.7 Å². The van der Waals surface area contributed by atoms with Crippen molar-refractivity contribution in [3.8, 4) is 22.5 Å². The molecule has 9 rings (SSSR count). The molecular formula is C41H28IrN2O2-2. The van der Waals surface area contributed by atoms with Gasteiger partial charge in [-0.05, 0) is 61.0 Å². The van der Waals surface area contributed by atoms with E-state index in [1.165, 1.54) is 36.7 Å². The van der Waals surface area contributed by atoms with Crippen molar-refractivity contribution in [1.29, 1.82) is 0 Å². The van der Waals surface area contributed by atoms with Crippen LogP contribution in [0.4, 0.5) is 0 Å². The van der Waals surface area contributed by atoms with Crippen LogP contribution in [0.5, 0.6) is 0 Å². The van der Waals surface area contributed by atoms with Crippen molar-refractivity contribution in [2.45, 2.75) is 20.6 Å². The van der Waals surface area contributed by atoms with Gasteiger partial charge in [0.15, 0.2) is 0 Å². The van der Waals surface area contributed by atoms with Crippen LogP contribution in [-0.4, -0.2) is 9.97 Å². The number of furan rings is 2. The zero-order valence-electron chi connectivity index (χ0n) is 33.0. The number of aromatic nitrogens is 2. The van der Waals surface area contributed by atoms with Crippen molar-refractivity contribution >= 4 is 54.6 Å². The van der Waals surface area contributed by atoms with Gasteiger partial charge in [-0.1, -0.05) is 65.8 Å². The fraction of sp³-hybridized carbons (Fsp3) is 0.0732. The summed E-state index contributed by atoms with van der Waals surface area (Å²) in [5.41, 5.74) is 6.00. The predicted octanol–water partition coefficient (Wildman–Crippen LogP) is 11.0. The second-order valence-corrected chi connectivity index (χ2v) is 10.6. The molecule has 0 unspecified atom stereocenters. The van der Waals surface area contributed by atoms with E-state index in [1.807, 2.05) is 36.4 Å². The monoisotopic (exact) mass is 782 g/mol. The molecule has 0 aliphatic carbocycles. The van der Waals surface area contributed by atoms with Crippen LogP contribution in [-0.2, 0) is 20.1 Å². The Hall–Kier alpha value is -5.09. The van der Waals surface area contributed by atoms with Gasteiger partial charge in [0.05, 0.1) is 5.58 Å². The SMILES string of the molecule is [2H]C([2H])([2H])c1c[c-]c(-c2ccc(C([2H])([2H])[2H])cn2)cc1.[2H]C([2H])([2H])c1ccnc(-c2[c-]ccc3c2oc2c3ccc3c2ccc2c4ccccc4oc23)c1.[Ir]. The summed E-state index contributed by atoms with van der Waals surface area (Å²) in [6.45, 7) is -6.55. The third kappa shape index (κ3) is 5.18. The molecule has 0 saturated carbocycles. The molecule has 0 spiro atoms. The minimum absolute atomic E-state index is 0. The van der Waals surface area contributed by atoms with Gasteiger partial charge in [-0.25, -0.2) is 0 Å². The molecule has 0 fully saturated rings. The van der Waals surface area contributed by atoms with Gasteiger partial charge in [0.2, 0.25) is 0 Å². The van der Waals surface area contributed by atoms with Crippen LogP contribution in [0, 0.1) is 32.7 Å². The number of aryl methyl sites for hydroxylation is 3. The maximum atomic E-state index is 7.74. The Labute approximate surface area is 292 Å². The number of fused-ring (bicyclic) bond motifs is 9. The number of nitrogens with zero attached hydrogens (tertiary/aromatic N) is 2. The first-order valence-electron chi connectivity index (χ1n) is 18.7. The van der Waals surface area contributed by atoms with Crippen molar-refractivity contribution in [3.05, 3.63) is 144 Å². The van der Waals surface area contributed by atoms with E-state index in [1.54, 1.807) is 18.2 Å². The smallest absolute Gasteiger partial charge is 0.143 e. The zero-order chi connectivity index (χ0) is 38.0. The zero-order valence-corrected chi connectivity index (χ0v) is 26.4. The van der Waals surface area contributed by atoms with E-state index in [0.717, 1.165) is 49.1 Å². The minimum atomic E-state index is -2.21. The molecule has 0 atom stereocenters. The Balaban J connectivity index is 0.000000191.